The second-order valence-electron chi connectivity index (χ2n) is 5.18. The molecule has 1 unspecified atom stereocenters. The van der Waals surface area contributed by atoms with E-state index in [0.717, 1.165) is 28.7 Å². The van der Waals surface area contributed by atoms with E-state index >= 15 is 0 Å². The zero-order valence-electron chi connectivity index (χ0n) is 12.0. The monoisotopic (exact) mass is 348 g/mol. The molecule has 5 nitrogen and oxygen atoms in total. The second-order valence-corrected chi connectivity index (χ2v) is 6.10. The van der Waals surface area contributed by atoms with Gasteiger partial charge in [-0.1, -0.05) is 15.9 Å². The predicted molar refractivity (Wildman–Crippen MR) is 85.2 cm³/mol. The number of fused-ring (bicyclic) bond motifs is 1. The molecule has 0 radical (unpaired) electrons. The van der Waals surface area contributed by atoms with Gasteiger partial charge in [-0.15, -0.1) is 0 Å². The van der Waals surface area contributed by atoms with Crippen molar-refractivity contribution in [1.82, 2.24) is 15.1 Å². The first kappa shape index (κ1) is 14.3. The minimum Gasteiger partial charge on any atom is -0.310 e. The summed E-state index contributed by atoms with van der Waals surface area (Å²) in [4.78, 5) is 14.7. The van der Waals surface area contributed by atoms with Crippen molar-refractivity contribution in [3.05, 3.63) is 46.2 Å². The number of aromatic nitrogens is 2. The van der Waals surface area contributed by atoms with E-state index in [9.17, 15) is 4.79 Å². The van der Waals surface area contributed by atoms with Gasteiger partial charge in [-0.2, -0.15) is 5.10 Å². The topological polar surface area (TPSA) is 50.2 Å². The summed E-state index contributed by atoms with van der Waals surface area (Å²) in [6.07, 6.45) is 4.50. The SMILES string of the molecule is CNC(C(=O)N1CCc2cc(Br)ccc21)c1cnn(C)c1. The number of anilines is 1. The lowest BCUT2D eigenvalue weighted by molar-refractivity contribution is -0.120. The lowest BCUT2D eigenvalue weighted by atomic mass is 10.1. The van der Waals surface area contributed by atoms with Crippen LogP contribution in [0.2, 0.25) is 0 Å². The van der Waals surface area contributed by atoms with Crippen LogP contribution in [0.5, 0.6) is 0 Å². The summed E-state index contributed by atoms with van der Waals surface area (Å²) in [5.74, 6) is 0.0616. The minimum absolute atomic E-state index is 0.0616. The van der Waals surface area contributed by atoms with Gasteiger partial charge in [0, 0.05) is 35.5 Å². The van der Waals surface area contributed by atoms with Crippen molar-refractivity contribution in [2.45, 2.75) is 12.5 Å². The van der Waals surface area contributed by atoms with E-state index in [1.165, 1.54) is 5.56 Å². The quantitative estimate of drug-likeness (QED) is 0.923. The number of likely N-dealkylation sites (N-methyl/N-ethyl adjacent to an activating group) is 1. The zero-order chi connectivity index (χ0) is 15.0. The Bertz CT molecular complexity index is 682. The van der Waals surface area contributed by atoms with Crippen molar-refractivity contribution in [3.63, 3.8) is 0 Å². The number of benzene rings is 1. The van der Waals surface area contributed by atoms with E-state index in [0.29, 0.717) is 0 Å². The predicted octanol–water partition coefficient (Wildman–Crippen LogP) is 2.03. The molecule has 2 aromatic rings. The number of halogens is 1. The molecule has 1 aromatic heterocycles. The molecule has 110 valence electrons. The van der Waals surface area contributed by atoms with Gasteiger partial charge in [0.2, 0.25) is 5.91 Å². The number of carbonyl (C=O) groups excluding carboxylic acids is 1. The smallest absolute Gasteiger partial charge is 0.248 e. The van der Waals surface area contributed by atoms with Crippen molar-refractivity contribution in [2.75, 3.05) is 18.5 Å². The van der Waals surface area contributed by atoms with Crippen molar-refractivity contribution < 1.29 is 4.79 Å². The van der Waals surface area contributed by atoms with Crippen molar-refractivity contribution in [2.24, 2.45) is 7.05 Å². The molecule has 6 heteroatoms. The summed E-state index contributed by atoms with van der Waals surface area (Å²) in [5.41, 5.74) is 3.10. The first-order valence-corrected chi connectivity index (χ1v) is 7.65. The lowest BCUT2D eigenvalue weighted by Crippen LogP contribution is -2.38. The standard InChI is InChI=1S/C15H17BrN4O/c1-17-14(11-8-18-19(2)9-11)15(21)20-6-5-10-7-12(16)3-4-13(10)20/h3-4,7-9,14,17H,5-6H2,1-2H3. The Hall–Kier alpha value is -1.66. The van der Waals surface area contributed by atoms with Crippen LogP contribution in [-0.4, -0.2) is 29.3 Å². The van der Waals surface area contributed by atoms with E-state index in [2.05, 4.69) is 32.4 Å². The number of amides is 1. The molecular weight excluding hydrogens is 332 g/mol. The highest BCUT2D eigenvalue weighted by atomic mass is 79.9. The maximum Gasteiger partial charge on any atom is 0.248 e. The molecule has 1 aliphatic heterocycles. The van der Waals surface area contributed by atoms with Crippen LogP contribution in [0.3, 0.4) is 0 Å². The average molecular weight is 349 g/mol. The minimum atomic E-state index is -0.367. The highest BCUT2D eigenvalue weighted by Gasteiger charge is 2.30. The molecule has 1 aliphatic rings. The fraction of sp³-hybridized carbons (Fsp3) is 0.333. The van der Waals surface area contributed by atoms with E-state index in [-0.39, 0.29) is 11.9 Å². The molecule has 1 N–H and O–H groups in total. The van der Waals surface area contributed by atoms with Crippen LogP contribution >= 0.6 is 15.9 Å². The summed E-state index contributed by atoms with van der Waals surface area (Å²) in [6.45, 7) is 0.725. The number of hydrogen-bond acceptors (Lipinski definition) is 3. The van der Waals surface area contributed by atoms with Gasteiger partial charge in [-0.05, 0) is 37.2 Å². The van der Waals surface area contributed by atoms with Crippen LogP contribution in [0.1, 0.15) is 17.2 Å². The van der Waals surface area contributed by atoms with Crippen molar-refractivity contribution in [3.8, 4) is 0 Å². The molecule has 0 aliphatic carbocycles. The Labute approximate surface area is 132 Å². The first-order chi connectivity index (χ1) is 10.1. The van der Waals surface area contributed by atoms with Crippen LogP contribution < -0.4 is 10.2 Å². The molecule has 0 saturated heterocycles. The molecule has 0 fully saturated rings. The van der Waals surface area contributed by atoms with E-state index in [4.69, 9.17) is 0 Å². The number of nitrogens with zero attached hydrogens (tertiary/aromatic N) is 3. The van der Waals surface area contributed by atoms with Crippen LogP contribution in [0.25, 0.3) is 0 Å². The third kappa shape index (κ3) is 2.61. The Kier molecular flexibility index (Phi) is 3.82. The van der Waals surface area contributed by atoms with Gasteiger partial charge in [0.1, 0.15) is 6.04 Å². The van der Waals surface area contributed by atoms with Gasteiger partial charge in [-0.25, -0.2) is 0 Å². The Morgan fingerprint density at radius 1 is 1.48 bits per heavy atom. The number of hydrogen-bond donors (Lipinski definition) is 1. The highest BCUT2D eigenvalue weighted by molar-refractivity contribution is 9.10. The van der Waals surface area contributed by atoms with E-state index in [1.807, 2.05) is 30.3 Å². The maximum atomic E-state index is 12.8. The van der Waals surface area contributed by atoms with E-state index < -0.39 is 0 Å². The summed E-state index contributed by atoms with van der Waals surface area (Å²) in [6, 6.07) is 5.69. The van der Waals surface area contributed by atoms with Crippen molar-refractivity contribution >= 4 is 27.5 Å². The Morgan fingerprint density at radius 2 is 2.29 bits per heavy atom. The van der Waals surface area contributed by atoms with Gasteiger partial charge in [0.05, 0.1) is 6.20 Å². The average Bonchev–Trinajstić information content (AvgIpc) is 3.05. The van der Waals surface area contributed by atoms with Gasteiger partial charge in [0.15, 0.2) is 0 Å². The third-order valence-corrected chi connectivity index (χ3v) is 4.29. The number of carbonyl (C=O) groups is 1. The largest absolute Gasteiger partial charge is 0.310 e. The zero-order valence-corrected chi connectivity index (χ0v) is 13.6. The molecule has 21 heavy (non-hydrogen) atoms. The van der Waals surface area contributed by atoms with Gasteiger partial charge in [-0.3, -0.25) is 9.48 Å². The first-order valence-electron chi connectivity index (χ1n) is 6.86. The summed E-state index contributed by atoms with van der Waals surface area (Å²) in [7, 11) is 3.65. The lowest BCUT2D eigenvalue weighted by Gasteiger charge is -2.23. The summed E-state index contributed by atoms with van der Waals surface area (Å²) >= 11 is 3.48. The molecule has 0 spiro atoms. The number of rotatable bonds is 3. The fourth-order valence-corrected chi connectivity index (χ4v) is 3.19. The Balaban J connectivity index is 1.89. The van der Waals surface area contributed by atoms with Crippen LogP contribution in [0.4, 0.5) is 5.69 Å². The molecule has 0 saturated carbocycles. The van der Waals surface area contributed by atoms with E-state index in [1.54, 1.807) is 17.9 Å². The highest BCUT2D eigenvalue weighted by Crippen LogP contribution is 2.32. The molecule has 1 amide bonds. The van der Waals surface area contributed by atoms with Gasteiger partial charge < -0.3 is 10.2 Å². The molecule has 3 rings (SSSR count). The normalized spacial score (nSPS) is 15.1. The number of nitrogens with one attached hydrogen (secondary N) is 1. The number of aryl methyl sites for hydroxylation is 1. The Morgan fingerprint density at radius 3 is 2.95 bits per heavy atom. The van der Waals surface area contributed by atoms with Gasteiger partial charge >= 0.3 is 0 Å². The fourth-order valence-electron chi connectivity index (χ4n) is 2.78. The van der Waals surface area contributed by atoms with Crippen molar-refractivity contribution in [1.29, 1.82) is 0 Å². The maximum absolute atomic E-state index is 12.8. The molecule has 0 bridgehead atoms. The van der Waals surface area contributed by atoms with Crippen LogP contribution in [0, 0.1) is 0 Å². The third-order valence-electron chi connectivity index (χ3n) is 3.80. The molecule has 1 aromatic carbocycles. The second kappa shape index (κ2) is 5.61. The summed E-state index contributed by atoms with van der Waals surface area (Å²) in [5, 5.41) is 7.25. The van der Waals surface area contributed by atoms with Crippen LogP contribution in [-0.2, 0) is 18.3 Å². The van der Waals surface area contributed by atoms with Crippen LogP contribution in [0.15, 0.2) is 35.1 Å². The summed E-state index contributed by atoms with van der Waals surface area (Å²) < 4.78 is 2.76. The molecule has 1 atom stereocenters. The molecule has 2 heterocycles. The molecular formula is C15H17BrN4O. The van der Waals surface area contributed by atoms with Gasteiger partial charge in [0.25, 0.3) is 0 Å².